The molecule has 122 valence electrons. The molecule has 4 aromatic rings. The van der Waals surface area contributed by atoms with E-state index in [-0.39, 0.29) is 5.41 Å². The summed E-state index contributed by atoms with van der Waals surface area (Å²) in [5.41, 5.74) is 7.56. The lowest BCUT2D eigenvalue weighted by Crippen LogP contribution is -2.16. The van der Waals surface area contributed by atoms with Gasteiger partial charge < -0.3 is 0 Å². The number of nitrogens with zero attached hydrogens (tertiary/aromatic N) is 1. The highest BCUT2D eigenvalue weighted by Crippen LogP contribution is 2.54. The number of hydrogen-bond acceptors (Lipinski definition) is 3. The van der Waals surface area contributed by atoms with Crippen molar-refractivity contribution in [2.24, 2.45) is 0 Å². The van der Waals surface area contributed by atoms with Crippen molar-refractivity contribution in [3.8, 4) is 21.7 Å². The van der Waals surface area contributed by atoms with Crippen molar-refractivity contribution in [2.45, 2.75) is 24.2 Å². The summed E-state index contributed by atoms with van der Waals surface area (Å²) in [7, 11) is 0. The van der Waals surface area contributed by atoms with Crippen molar-refractivity contribution in [2.75, 3.05) is 0 Å². The SMILES string of the molecule is CC1(C)c2ccccc2-c2ccc(S)c(-c3nc4ccccc4s3)c21. The van der Waals surface area contributed by atoms with Crippen molar-refractivity contribution in [3.63, 3.8) is 0 Å². The number of benzene rings is 3. The second-order valence-electron chi connectivity index (χ2n) is 7.04. The van der Waals surface area contributed by atoms with Crippen LogP contribution in [-0.2, 0) is 5.41 Å². The topological polar surface area (TPSA) is 12.9 Å². The number of rotatable bonds is 1. The van der Waals surface area contributed by atoms with Gasteiger partial charge in [0.15, 0.2) is 0 Å². The molecule has 0 saturated heterocycles. The molecular weight excluding hydrogens is 342 g/mol. The number of para-hydroxylation sites is 1. The Bertz CT molecular complexity index is 1100. The molecule has 0 radical (unpaired) electrons. The van der Waals surface area contributed by atoms with Gasteiger partial charge in [-0.3, -0.25) is 0 Å². The Morgan fingerprint density at radius 2 is 1.64 bits per heavy atom. The van der Waals surface area contributed by atoms with Gasteiger partial charge in [-0.05, 0) is 40.5 Å². The second-order valence-corrected chi connectivity index (χ2v) is 8.55. The highest BCUT2D eigenvalue weighted by atomic mass is 32.1. The number of thiazole rings is 1. The number of hydrogen-bond donors (Lipinski definition) is 1. The maximum Gasteiger partial charge on any atom is 0.126 e. The minimum absolute atomic E-state index is 0.0577. The van der Waals surface area contributed by atoms with Gasteiger partial charge in [0.25, 0.3) is 0 Å². The minimum Gasteiger partial charge on any atom is -0.236 e. The summed E-state index contributed by atoms with van der Waals surface area (Å²) in [6.07, 6.45) is 0. The van der Waals surface area contributed by atoms with Gasteiger partial charge >= 0.3 is 0 Å². The van der Waals surface area contributed by atoms with E-state index in [4.69, 9.17) is 17.6 Å². The van der Waals surface area contributed by atoms with Gasteiger partial charge in [0.2, 0.25) is 0 Å². The van der Waals surface area contributed by atoms with Gasteiger partial charge in [0.1, 0.15) is 5.01 Å². The molecule has 1 nitrogen and oxygen atoms in total. The summed E-state index contributed by atoms with van der Waals surface area (Å²) in [5, 5.41) is 1.06. The zero-order valence-electron chi connectivity index (χ0n) is 14.1. The molecule has 0 saturated carbocycles. The van der Waals surface area contributed by atoms with Crippen LogP contribution in [0.2, 0.25) is 0 Å². The van der Waals surface area contributed by atoms with E-state index in [0.29, 0.717) is 0 Å². The quantitative estimate of drug-likeness (QED) is 0.380. The Labute approximate surface area is 156 Å². The van der Waals surface area contributed by atoms with Crippen molar-refractivity contribution in [3.05, 3.63) is 71.8 Å². The second kappa shape index (κ2) is 5.20. The average molecular weight is 360 g/mol. The van der Waals surface area contributed by atoms with Crippen LogP contribution in [0.5, 0.6) is 0 Å². The molecule has 0 aliphatic heterocycles. The standard InChI is InChI=1S/C22H17NS2/c1-22(2)15-8-4-3-7-13(15)14-11-12-17(24)19(20(14)22)21-23-16-9-5-6-10-18(16)25-21/h3-12,24H,1-2H3. The van der Waals surface area contributed by atoms with E-state index in [9.17, 15) is 0 Å². The Hall–Kier alpha value is -2.10. The zero-order chi connectivity index (χ0) is 17.2. The maximum absolute atomic E-state index is 4.92. The molecule has 0 N–H and O–H groups in total. The van der Waals surface area contributed by atoms with E-state index in [2.05, 4.69) is 68.4 Å². The maximum atomic E-state index is 4.92. The van der Waals surface area contributed by atoms with Crippen LogP contribution in [0, 0.1) is 0 Å². The lowest BCUT2D eigenvalue weighted by atomic mass is 9.80. The van der Waals surface area contributed by atoms with Gasteiger partial charge in [-0.25, -0.2) is 4.98 Å². The van der Waals surface area contributed by atoms with Crippen LogP contribution in [0.1, 0.15) is 25.0 Å². The summed E-state index contributed by atoms with van der Waals surface area (Å²) < 4.78 is 1.22. The molecule has 3 aromatic carbocycles. The fourth-order valence-electron chi connectivity index (χ4n) is 4.06. The highest BCUT2D eigenvalue weighted by Gasteiger charge is 2.38. The molecule has 0 bridgehead atoms. The molecule has 0 unspecified atom stereocenters. The monoisotopic (exact) mass is 359 g/mol. The first-order valence-corrected chi connectivity index (χ1v) is 9.66. The predicted molar refractivity (Wildman–Crippen MR) is 110 cm³/mol. The largest absolute Gasteiger partial charge is 0.236 e. The van der Waals surface area contributed by atoms with Gasteiger partial charge in [0.05, 0.1) is 10.2 Å². The Balaban J connectivity index is 1.86. The summed E-state index contributed by atoms with van der Waals surface area (Å²) in [5.74, 6) is 0. The summed E-state index contributed by atoms with van der Waals surface area (Å²) in [6, 6.07) is 21.4. The van der Waals surface area contributed by atoms with E-state index in [1.807, 2.05) is 6.07 Å². The molecule has 1 heterocycles. The number of fused-ring (bicyclic) bond motifs is 4. The molecule has 1 aliphatic carbocycles. The molecule has 0 atom stereocenters. The molecular formula is C22H17NS2. The van der Waals surface area contributed by atoms with Crippen LogP contribution in [-0.4, -0.2) is 4.98 Å². The summed E-state index contributed by atoms with van der Waals surface area (Å²) in [6.45, 7) is 4.61. The van der Waals surface area contributed by atoms with Crippen LogP contribution >= 0.6 is 24.0 Å². The van der Waals surface area contributed by atoms with E-state index < -0.39 is 0 Å². The first-order chi connectivity index (χ1) is 12.1. The van der Waals surface area contributed by atoms with E-state index in [1.54, 1.807) is 11.3 Å². The highest BCUT2D eigenvalue weighted by molar-refractivity contribution is 7.80. The zero-order valence-corrected chi connectivity index (χ0v) is 15.8. The smallest absolute Gasteiger partial charge is 0.126 e. The third kappa shape index (κ3) is 2.06. The third-order valence-electron chi connectivity index (χ3n) is 5.21. The summed E-state index contributed by atoms with van der Waals surface area (Å²) in [4.78, 5) is 5.92. The van der Waals surface area contributed by atoms with E-state index in [0.717, 1.165) is 15.4 Å². The fraction of sp³-hybridized carbons (Fsp3) is 0.136. The van der Waals surface area contributed by atoms with Gasteiger partial charge in [-0.1, -0.05) is 56.3 Å². The Morgan fingerprint density at radius 1 is 0.880 bits per heavy atom. The lowest BCUT2D eigenvalue weighted by molar-refractivity contribution is 0.660. The molecule has 1 aliphatic rings. The van der Waals surface area contributed by atoms with Crippen molar-refractivity contribution in [1.82, 2.24) is 4.98 Å². The van der Waals surface area contributed by atoms with Gasteiger partial charge in [0, 0.05) is 15.9 Å². The first kappa shape index (κ1) is 15.2. The number of thiol groups is 1. The summed E-state index contributed by atoms with van der Waals surface area (Å²) >= 11 is 6.56. The fourth-order valence-corrected chi connectivity index (χ4v) is 5.46. The Kier molecular flexibility index (Phi) is 3.16. The van der Waals surface area contributed by atoms with Gasteiger partial charge in [-0.2, -0.15) is 0 Å². The third-order valence-corrected chi connectivity index (χ3v) is 6.63. The van der Waals surface area contributed by atoms with E-state index in [1.165, 1.54) is 32.5 Å². The molecule has 0 fully saturated rings. The average Bonchev–Trinajstić information content (AvgIpc) is 3.13. The number of aromatic nitrogens is 1. The predicted octanol–water partition coefficient (Wildman–Crippen LogP) is 6.56. The molecule has 0 spiro atoms. The molecule has 3 heteroatoms. The van der Waals surface area contributed by atoms with Crippen molar-refractivity contribution >= 4 is 34.2 Å². The van der Waals surface area contributed by atoms with Crippen molar-refractivity contribution < 1.29 is 0 Å². The Morgan fingerprint density at radius 3 is 2.48 bits per heavy atom. The minimum atomic E-state index is -0.0577. The normalized spacial score (nSPS) is 14.5. The van der Waals surface area contributed by atoms with Gasteiger partial charge in [-0.15, -0.1) is 24.0 Å². The lowest BCUT2D eigenvalue weighted by Gasteiger charge is -2.24. The molecule has 1 aromatic heterocycles. The van der Waals surface area contributed by atoms with Crippen LogP contribution in [0.15, 0.2) is 65.6 Å². The molecule has 0 amide bonds. The van der Waals surface area contributed by atoms with Crippen LogP contribution in [0.4, 0.5) is 0 Å². The van der Waals surface area contributed by atoms with Crippen LogP contribution < -0.4 is 0 Å². The van der Waals surface area contributed by atoms with Crippen LogP contribution in [0.3, 0.4) is 0 Å². The van der Waals surface area contributed by atoms with E-state index >= 15 is 0 Å². The first-order valence-electron chi connectivity index (χ1n) is 8.39. The van der Waals surface area contributed by atoms with Crippen molar-refractivity contribution in [1.29, 1.82) is 0 Å². The molecule has 25 heavy (non-hydrogen) atoms. The van der Waals surface area contributed by atoms with Crippen LogP contribution in [0.25, 0.3) is 31.9 Å². The molecule has 5 rings (SSSR count).